The van der Waals surface area contributed by atoms with Crippen molar-refractivity contribution in [1.29, 1.82) is 0 Å². The second kappa shape index (κ2) is 3.41. The van der Waals surface area contributed by atoms with Gasteiger partial charge in [0.05, 0.1) is 0 Å². The van der Waals surface area contributed by atoms with Gasteiger partial charge in [0.25, 0.3) is 0 Å². The summed E-state index contributed by atoms with van der Waals surface area (Å²) < 4.78 is 1.79. The second-order valence-corrected chi connectivity index (χ2v) is 3.86. The topological polar surface area (TPSA) is 69.6 Å². The molecule has 72 valence electrons. The average molecular weight is 181 g/mol. The first kappa shape index (κ1) is 8.62. The van der Waals surface area contributed by atoms with Gasteiger partial charge in [-0.15, -0.1) is 5.10 Å². The molecule has 2 rings (SSSR count). The Hall–Kier alpha value is -0.970. The molecule has 1 heterocycles. The zero-order chi connectivity index (χ0) is 9.15. The molecule has 1 fully saturated rings. The highest BCUT2D eigenvalue weighted by Gasteiger charge is 2.40. The fourth-order valence-corrected chi connectivity index (χ4v) is 1.74. The van der Waals surface area contributed by atoms with Gasteiger partial charge in [-0.1, -0.05) is 0 Å². The predicted molar refractivity (Wildman–Crippen MR) is 47.8 cm³/mol. The van der Waals surface area contributed by atoms with E-state index in [1.54, 1.807) is 11.0 Å². The largest absolute Gasteiger partial charge is 0.330 e. The monoisotopic (exact) mass is 181 g/mol. The number of aromatic nitrogens is 4. The van der Waals surface area contributed by atoms with Gasteiger partial charge in [0.2, 0.25) is 0 Å². The predicted octanol–water partition coefficient (Wildman–Crippen LogP) is 0.192. The van der Waals surface area contributed by atoms with Gasteiger partial charge in [0.1, 0.15) is 6.33 Å². The molecule has 0 bridgehead atoms. The number of hydrogen-bond donors (Lipinski definition) is 1. The Morgan fingerprint density at radius 1 is 1.38 bits per heavy atom. The Morgan fingerprint density at radius 2 is 2.23 bits per heavy atom. The summed E-state index contributed by atoms with van der Waals surface area (Å²) in [6.45, 7) is 1.72. The van der Waals surface area contributed by atoms with Crippen LogP contribution in [0.25, 0.3) is 0 Å². The molecule has 0 radical (unpaired) electrons. The van der Waals surface area contributed by atoms with E-state index in [4.69, 9.17) is 5.73 Å². The van der Waals surface area contributed by atoms with Gasteiger partial charge in [-0.25, -0.2) is 4.68 Å². The summed E-state index contributed by atoms with van der Waals surface area (Å²) in [5.41, 5.74) is 6.08. The second-order valence-electron chi connectivity index (χ2n) is 3.86. The lowest BCUT2D eigenvalue weighted by molar-refractivity contribution is 0.386. The van der Waals surface area contributed by atoms with Gasteiger partial charge < -0.3 is 5.73 Å². The summed E-state index contributed by atoms with van der Waals surface area (Å²) >= 11 is 0. The molecule has 13 heavy (non-hydrogen) atoms. The minimum absolute atomic E-state index is 0.528. The summed E-state index contributed by atoms with van der Waals surface area (Å²) in [6, 6.07) is 0. The molecule has 1 aliphatic carbocycles. The molecule has 0 atom stereocenters. The molecular weight excluding hydrogens is 166 g/mol. The van der Waals surface area contributed by atoms with E-state index in [1.807, 2.05) is 0 Å². The quantitative estimate of drug-likeness (QED) is 0.704. The summed E-state index contributed by atoms with van der Waals surface area (Å²) in [5.74, 6) is 0. The van der Waals surface area contributed by atoms with Crippen molar-refractivity contribution < 1.29 is 0 Å². The molecule has 0 aromatic carbocycles. The fourth-order valence-electron chi connectivity index (χ4n) is 1.74. The van der Waals surface area contributed by atoms with Gasteiger partial charge in [-0.3, -0.25) is 0 Å². The van der Waals surface area contributed by atoms with E-state index < -0.39 is 0 Å². The minimum Gasteiger partial charge on any atom is -0.330 e. The average Bonchev–Trinajstić information content (AvgIpc) is 2.71. The molecule has 1 aromatic heterocycles. The molecule has 5 nitrogen and oxygen atoms in total. The molecule has 0 spiro atoms. The van der Waals surface area contributed by atoms with Crippen LogP contribution in [0.1, 0.15) is 25.7 Å². The number of hydrogen-bond acceptors (Lipinski definition) is 4. The molecule has 0 amide bonds. The fraction of sp³-hybridized carbons (Fsp3) is 0.875. The van der Waals surface area contributed by atoms with Crippen LogP contribution >= 0.6 is 0 Å². The van der Waals surface area contributed by atoms with Crippen LogP contribution in [-0.4, -0.2) is 26.8 Å². The van der Waals surface area contributed by atoms with Crippen LogP contribution < -0.4 is 5.73 Å². The zero-order valence-corrected chi connectivity index (χ0v) is 7.69. The van der Waals surface area contributed by atoms with Crippen molar-refractivity contribution in [1.82, 2.24) is 20.2 Å². The van der Waals surface area contributed by atoms with E-state index >= 15 is 0 Å². The maximum absolute atomic E-state index is 5.56. The molecule has 1 aliphatic rings. The van der Waals surface area contributed by atoms with Crippen molar-refractivity contribution in [2.45, 2.75) is 32.2 Å². The molecule has 1 aromatic rings. The first-order chi connectivity index (χ1) is 6.35. The van der Waals surface area contributed by atoms with Crippen LogP contribution in [0.4, 0.5) is 0 Å². The molecule has 1 saturated carbocycles. The van der Waals surface area contributed by atoms with E-state index in [1.165, 1.54) is 12.8 Å². The Bertz CT molecular complexity index is 252. The highest BCUT2D eigenvalue weighted by Crippen LogP contribution is 2.51. The number of nitrogens with zero attached hydrogens (tertiary/aromatic N) is 4. The van der Waals surface area contributed by atoms with Gasteiger partial charge in [-0.05, 0) is 48.1 Å². The van der Waals surface area contributed by atoms with Crippen molar-refractivity contribution in [2.24, 2.45) is 11.1 Å². The molecular formula is C8H15N5. The van der Waals surface area contributed by atoms with Gasteiger partial charge in [-0.2, -0.15) is 0 Å². The summed E-state index contributed by atoms with van der Waals surface area (Å²) in [4.78, 5) is 0. The maximum atomic E-state index is 5.56. The minimum atomic E-state index is 0.528. The Kier molecular flexibility index (Phi) is 2.26. The zero-order valence-electron chi connectivity index (χ0n) is 7.69. The van der Waals surface area contributed by atoms with E-state index in [9.17, 15) is 0 Å². The first-order valence-corrected chi connectivity index (χ1v) is 4.76. The van der Waals surface area contributed by atoms with Crippen molar-refractivity contribution in [3.8, 4) is 0 Å². The number of nitrogens with two attached hydrogens (primary N) is 1. The number of aryl methyl sites for hydroxylation is 1. The van der Waals surface area contributed by atoms with Gasteiger partial charge in [0, 0.05) is 6.54 Å². The molecule has 0 saturated heterocycles. The summed E-state index contributed by atoms with van der Waals surface area (Å²) in [5, 5.41) is 11.0. The SMILES string of the molecule is NCCC1(CCn2cnnn2)CC1. The smallest absolute Gasteiger partial charge is 0.138 e. The van der Waals surface area contributed by atoms with Crippen molar-refractivity contribution >= 4 is 0 Å². The van der Waals surface area contributed by atoms with Crippen LogP contribution in [0.5, 0.6) is 0 Å². The van der Waals surface area contributed by atoms with Gasteiger partial charge in [0.15, 0.2) is 0 Å². The normalized spacial score (nSPS) is 18.8. The van der Waals surface area contributed by atoms with Crippen LogP contribution in [-0.2, 0) is 6.54 Å². The van der Waals surface area contributed by atoms with Crippen LogP contribution in [0.15, 0.2) is 6.33 Å². The highest BCUT2D eigenvalue weighted by atomic mass is 15.5. The lowest BCUT2D eigenvalue weighted by Crippen LogP contribution is -2.12. The first-order valence-electron chi connectivity index (χ1n) is 4.76. The van der Waals surface area contributed by atoms with Crippen LogP contribution in [0, 0.1) is 5.41 Å². The molecule has 5 heteroatoms. The van der Waals surface area contributed by atoms with E-state index in [0.717, 1.165) is 25.9 Å². The van der Waals surface area contributed by atoms with Crippen LogP contribution in [0.2, 0.25) is 0 Å². The van der Waals surface area contributed by atoms with E-state index in [-0.39, 0.29) is 0 Å². The van der Waals surface area contributed by atoms with Crippen molar-refractivity contribution in [3.05, 3.63) is 6.33 Å². The number of tetrazole rings is 1. The molecule has 0 aliphatic heterocycles. The lowest BCUT2D eigenvalue weighted by Gasteiger charge is -2.12. The third-order valence-electron chi connectivity index (χ3n) is 2.89. The number of rotatable bonds is 5. The molecule has 2 N–H and O–H groups in total. The van der Waals surface area contributed by atoms with Crippen LogP contribution in [0.3, 0.4) is 0 Å². The third-order valence-corrected chi connectivity index (χ3v) is 2.89. The van der Waals surface area contributed by atoms with E-state index in [2.05, 4.69) is 15.5 Å². The summed E-state index contributed by atoms with van der Waals surface area (Å²) in [7, 11) is 0. The van der Waals surface area contributed by atoms with Crippen molar-refractivity contribution in [3.63, 3.8) is 0 Å². The Labute approximate surface area is 77.3 Å². The van der Waals surface area contributed by atoms with Crippen molar-refractivity contribution in [2.75, 3.05) is 6.54 Å². The van der Waals surface area contributed by atoms with E-state index in [0.29, 0.717) is 5.41 Å². The Morgan fingerprint density at radius 3 is 2.77 bits per heavy atom. The van der Waals surface area contributed by atoms with Gasteiger partial charge >= 0.3 is 0 Å². The lowest BCUT2D eigenvalue weighted by atomic mass is 9.98. The standard InChI is InChI=1S/C8H15N5/c9-5-3-8(1-2-8)4-6-13-7-10-11-12-13/h7H,1-6,9H2. The third kappa shape index (κ3) is 2.03. The maximum Gasteiger partial charge on any atom is 0.138 e. The molecule has 0 unspecified atom stereocenters. The summed E-state index contributed by atoms with van der Waals surface area (Å²) in [6.07, 6.45) is 6.63. The Balaban J connectivity index is 1.79. The highest BCUT2D eigenvalue weighted by molar-refractivity contribution is 4.92.